The average molecular weight is 474 g/mol. The molecule has 0 bridgehead atoms. The largest absolute Gasteiger partial charge is 0.497 e. The number of oxazole rings is 1. The van der Waals surface area contributed by atoms with Crippen molar-refractivity contribution in [2.75, 3.05) is 20.8 Å². The Balaban J connectivity index is 1.34. The van der Waals surface area contributed by atoms with E-state index < -0.39 is 0 Å². The van der Waals surface area contributed by atoms with Gasteiger partial charge in [-0.05, 0) is 49.1 Å². The molecule has 0 N–H and O–H groups in total. The number of carbonyl (C=O) groups is 1. The normalized spacial score (nSPS) is 15.7. The summed E-state index contributed by atoms with van der Waals surface area (Å²) in [7, 11) is 3.26. The molecule has 8 heteroatoms. The second kappa shape index (κ2) is 10.0. The molecular formula is C27H27N3O5. The maximum Gasteiger partial charge on any atom is 0.293 e. The average Bonchev–Trinajstić information content (AvgIpc) is 3.59. The first-order chi connectivity index (χ1) is 17.1. The first kappa shape index (κ1) is 22.7. The van der Waals surface area contributed by atoms with Crippen molar-refractivity contribution in [3.63, 3.8) is 0 Å². The predicted octanol–water partition coefficient (Wildman–Crippen LogP) is 5.31. The van der Waals surface area contributed by atoms with Gasteiger partial charge in [0.05, 0.1) is 20.4 Å². The Morgan fingerprint density at radius 2 is 1.86 bits per heavy atom. The summed E-state index contributed by atoms with van der Waals surface area (Å²) in [6.45, 7) is 0.603. The molecule has 5 rings (SSSR count). The summed E-state index contributed by atoms with van der Waals surface area (Å²) >= 11 is 0. The number of nitrogens with zero attached hydrogens (tertiary/aromatic N) is 3. The molecule has 1 aliphatic heterocycles. The van der Waals surface area contributed by atoms with Crippen molar-refractivity contribution in [3.8, 4) is 22.8 Å². The molecule has 1 aliphatic rings. The van der Waals surface area contributed by atoms with Gasteiger partial charge in [0.15, 0.2) is 0 Å². The highest BCUT2D eigenvalue weighted by molar-refractivity contribution is 5.92. The monoisotopic (exact) mass is 473 g/mol. The van der Waals surface area contributed by atoms with E-state index in [0.717, 1.165) is 41.9 Å². The van der Waals surface area contributed by atoms with Gasteiger partial charge >= 0.3 is 0 Å². The second-order valence-corrected chi connectivity index (χ2v) is 8.51. The number of likely N-dealkylation sites (tertiary alicyclic amines) is 1. The molecule has 0 spiro atoms. The Labute approximate surface area is 203 Å². The molecule has 180 valence electrons. The highest BCUT2D eigenvalue weighted by atomic mass is 16.5. The number of rotatable bonds is 7. The number of ether oxygens (including phenoxy) is 2. The fourth-order valence-electron chi connectivity index (χ4n) is 4.41. The van der Waals surface area contributed by atoms with E-state index in [1.54, 1.807) is 31.4 Å². The Hall–Kier alpha value is -4.07. The number of hydrogen-bond acceptors (Lipinski definition) is 7. The van der Waals surface area contributed by atoms with E-state index in [4.69, 9.17) is 18.4 Å². The van der Waals surface area contributed by atoms with Gasteiger partial charge in [0.1, 0.15) is 29.0 Å². The van der Waals surface area contributed by atoms with E-state index in [1.165, 1.54) is 0 Å². The third-order valence-electron chi connectivity index (χ3n) is 6.22. The van der Waals surface area contributed by atoms with Crippen molar-refractivity contribution in [2.45, 2.75) is 31.7 Å². The molecule has 3 heterocycles. The van der Waals surface area contributed by atoms with Crippen LogP contribution in [0.3, 0.4) is 0 Å². The maximum atomic E-state index is 13.4. The number of amides is 1. The minimum atomic E-state index is -0.249. The van der Waals surface area contributed by atoms with Crippen molar-refractivity contribution in [2.24, 2.45) is 0 Å². The molecule has 1 atom stereocenters. The Bertz CT molecular complexity index is 1310. The number of hydrogen-bond donors (Lipinski definition) is 0. The minimum Gasteiger partial charge on any atom is -0.497 e. The van der Waals surface area contributed by atoms with Gasteiger partial charge in [-0.3, -0.25) is 4.79 Å². The molecule has 0 saturated carbocycles. The first-order valence-electron chi connectivity index (χ1n) is 11.6. The quantitative estimate of drug-likeness (QED) is 0.359. The number of carbonyl (C=O) groups excluding carboxylic acids is 1. The van der Waals surface area contributed by atoms with E-state index in [2.05, 4.69) is 10.1 Å². The predicted molar refractivity (Wildman–Crippen MR) is 128 cm³/mol. The number of benzene rings is 2. The molecule has 2 aromatic carbocycles. The van der Waals surface area contributed by atoms with Crippen molar-refractivity contribution in [1.82, 2.24) is 15.0 Å². The second-order valence-electron chi connectivity index (χ2n) is 8.51. The molecule has 1 fully saturated rings. The fourth-order valence-corrected chi connectivity index (χ4v) is 4.41. The van der Waals surface area contributed by atoms with Crippen LogP contribution in [0.5, 0.6) is 11.5 Å². The van der Waals surface area contributed by atoms with Crippen LogP contribution in [-0.2, 0) is 6.42 Å². The van der Waals surface area contributed by atoms with E-state index in [-0.39, 0.29) is 17.7 Å². The lowest BCUT2D eigenvalue weighted by Gasteiger charge is -2.32. The third-order valence-corrected chi connectivity index (χ3v) is 6.22. The van der Waals surface area contributed by atoms with Gasteiger partial charge in [-0.2, -0.15) is 0 Å². The number of methoxy groups -OCH3 is 2. The van der Waals surface area contributed by atoms with E-state index in [0.29, 0.717) is 30.3 Å². The summed E-state index contributed by atoms with van der Waals surface area (Å²) in [5.41, 5.74) is 2.46. The van der Waals surface area contributed by atoms with Gasteiger partial charge in [0.2, 0.25) is 11.7 Å². The number of aromatic nitrogens is 2. The lowest BCUT2D eigenvalue weighted by molar-refractivity contribution is 0.0528. The molecule has 0 aliphatic carbocycles. The molecule has 0 radical (unpaired) electrons. The van der Waals surface area contributed by atoms with Crippen molar-refractivity contribution in [3.05, 3.63) is 83.8 Å². The van der Waals surface area contributed by atoms with Gasteiger partial charge in [-0.25, -0.2) is 4.98 Å². The van der Waals surface area contributed by atoms with Gasteiger partial charge in [0, 0.05) is 24.6 Å². The Kier molecular flexibility index (Phi) is 6.52. The zero-order valence-electron chi connectivity index (χ0n) is 19.8. The van der Waals surface area contributed by atoms with Gasteiger partial charge < -0.3 is 23.3 Å². The lowest BCUT2D eigenvalue weighted by atomic mass is 10.0. The molecule has 8 nitrogen and oxygen atoms in total. The van der Waals surface area contributed by atoms with Crippen LogP contribution in [0, 0.1) is 0 Å². The highest BCUT2D eigenvalue weighted by Crippen LogP contribution is 2.33. The van der Waals surface area contributed by atoms with Crippen LogP contribution < -0.4 is 9.47 Å². The molecule has 4 aromatic rings. The molecule has 2 aromatic heterocycles. The number of piperidine rings is 1. The summed E-state index contributed by atoms with van der Waals surface area (Å²) in [5.74, 6) is 2.77. The van der Waals surface area contributed by atoms with E-state index >= 15 is 0 Å². The summed E-state index contributed by atoms with van der Waals surface area (Å²) < 4.78 is 22.2. The van der Waals surface area contributed by atoms with Crippen LogP contribution in [0.4, 0.5) is 0 Å². The zero-order valence-corrected chi connectivity index (χ0v) is 19.8. The molecule has 35 heavy (non-hydrogen) atoms. The van der Waals surface area contributed by atoms with Gasteiger partial charge in [-0.15, -0.1) is 0 Å². The van der Waals surface area contributed by atoms with Crippen molar-refractivity contribution >= 4 is 5.91 Å². The SMILES string of the molecule is COc1cccc(Cc2cnc([C@H]3CCCCN3C(=O)c3cc(-c4cccc(OC)c4)no3)o2)c1. The standard InChI is InChI=1S/C27H27N3O5/c1-32-20-9-5-7-18(13-20)14-22-17-28-26(34-22)24-11-3-4-12-30(24)27(31)25-16-23(29-35-25)19-8-6-10-21(15-19)33-2/h5-10,13,15-17,24H,3-4,11-12,14H2,1-2H3/t24-/m1/s1. The topological polar surface area (TPSA) is 90.8 Å². The van der Waals surface area contributed by atoms with Crippen LogP contribution in [0.2, 0.25) is 0 Å². The fraction of sp³-hybridized carbons (Fsp3) is 0.296. The van der Waals surface area contributed by atoms with Crippen LogP contribution in [0.15, 0.2) is 69.7 Å². The summed E-state index contributed by atoms with van der Waals surface area (Å²) in [6.07, 6.45) is 5.02. The van der Waals surface area contributed by atoms with Crippen LogP contribution in [0.1, 0.15) is 53.1 Å². The van der Waals surface area contributed by atoms with Crippen LogP contribution >= 0.6 is 0 Å². The van der Waals surface area contributed by atoms with Crippen molar-refractivity contribution < 1.29 is 23.2 Å². The van der Waals surface area contributed by atoms with E-state index in [9.17, 15) is 4.79 Å². The summed E-state index contributed by atoms with van der Waals surface area (Å²) in [4.78, 5) is 19.7. The first-order valence-corrected chi connectivity index (χ1v) is 11.6. The van der Waals surface area contributed by atoms with E-state index in [1.807, 2.05) is 48.5 Å². The van der Waals surface area contributed by atoms with Gasteiger partial charge in [-0.1, -0.05) is 29.4 Å². The molecular weight excluding hydrogens is 446 g/mol. The summed E-state index contributed by atoms with van der Waals surface area (Å²) in [5, 5.41) is 4.11. The maximum absolute atomic E-state index is 13.4. The zero-order chi connectivity index (χ0) is 24.2. The van der Waals surface area contributed by atoms with Gasteiger partial charge in [0.25, 0.3) is 5.91 Å². The smallest absolute Gasteiger partial charge is 0.293 e. The summed E-state index contributed by atoms with van der Waals surface area (Å²) in [6, 6.07) is 16.7. The molecule has 0 unspecified atom stereocenters. The van der Waals surface area contributed by atoms with Crippen LogP contribution in [0.25, 0.3) is 11.3 Å². The third kappa shape index (κ3) is 4.91. The lowest BCUT2D eigenvalue weighted by Crippen LogP contribution is -2.38. The Morgan fingerprint density at radius 3 is 2.69 bits per heavy atom. The Morgan fingerprint density at radius 1 is 1.06 bits per heavy atom. The minimum absolute atomic E-state index is 0.192. The molecule has 1 amide bonds. The highest BCUT2D eigenvalue weighted by Gasteiger charge is 2.34. The van der Waals surface area contributed by atoms with Crippen LogP contribution in [-0.4, -0.2) is 41.7 Å². The van der Waals surface area contributed by atoms with Crippen molar-refractivity contribution in [1.29, 1.82) is 0 Å². The molecule has 1 saturated heterocycles.